The highest BCUT2D eigenvalue weighted by atomic mass is 16.5. The van der Waals surface area contributed by atoms with Crippen LogP contribution in [0, 0.1) is 23.2 Å². The fraction of sp³-hybridized carbons (Fsp3) is 0.684. The zero-order chi connectivity index (χ0) is 18.5. The molecular weight excluding hydrogens is 308 g/mol. The van der Waals surface area contributed by atoms with E-state index < -0.39 is 11.0 Å². The molecule has 0 aliphatic heterocycles. The lowest BCUT2D eigenvalue weighted by molar-refractivity contribution is -0.164. The molecule has 0 radical (unpaired) electrons. The summed E-state index contributed by atoms with van der Waals surface area (Å²) in [7, 11) is 0. The summed E-state index contributed by atoms with van der Waals surface area (Å²) in [6, 6.07) is 0. The summed E-state index contributed by atoms with van der Waals surface area (Å²) < 4.78 is 10.2. The molecule has 0 unspecified atom stereocenters. The molecule has 0 aromatic carbocycles. The Morgan fingerprint density at radius 1 is 1.25 bits per heavy atom. The lowest BCUT2D eigenvalue weighted by atomic mass is 9.60. The van der Waals surface area contributed by atoms with Crippen molar-refractivity contribution in [2.75, 3.05) is 6.61 Å². The van der Waals surface area contributed by atoms with Gasteiger partial charge < -0.3 is 14.6 Å². The van der Waals surface area contributed by atoms with Crippen molar-refractivity contribution in [3.63, 3.8) is 0 Å². The van der Waals surface area contributed by atoms with Gasteiger partial charge in [-0.05, 0) is 31.4 Å². The monoisotopic (exact) mass is 336 g/mol. The smallest absolute Gasteiger partial charge is 0.302 e. The highest BCUT2D eigenvalue weighted by molar-refractivity contribution is 5.66. The van der Waals surface area contributed by atoms with Crippen LogP contribution in [0.15, 0.2) is 11.6 Å². The Bertz CT molecular complexity index is 578. The fourth-order valence-electron chi connectivity index (χ4n) is 3.19. The van der Waals surface area contributed by atoms with Crippen LogP contribution >= 0.6 is 0 Å². The molecule has 0 aromatic heterocycles. The van der Waals surface area contributed by atoms with Crippen LogP contribution in [-0.4, -0.2) is 35.4 Å². The van der Waals surface area contributed by atoms with E-state index in [0.29, 0.717) is 12.8 Å². The number of hydrogen-bond acceptors (Lipinski definition) is 5. The van der Waals surface area contributed by atoms with Crippen LogP contribution in [0.2, 0.25) is 0 Å². The van der Waals surface area contributed by atoms with Crippen LogP contribution in [-0.2, 0) is 19.1 Å². The standard InChI is InChI=1S/C19H28O5/c1-13(8-10-23-15(3)20)7-9-19(22)14(2)11-17(24-16(4)21)12-18(19,5)6/h8,14,17,22H,10-12H2,1-6H3/b13-8+/t14-,17-,19+/m1/s1. The van der Waals surface area contributed by atoms with E-state index in [1.807, 2.05) is 27.7 Å². The Balaban J connectivity index is 2.91. The largest absolute Gasteiger partial charge is 0.463 e. The van der Waals surface area contributed by atoms with Crippen molar-refractivity contribution in [3.05, 3.63) is 11.6 Å². The topological polar surface area (TPSA) is 72.8 Å². The van der Waals surface area contributed by atoms with Gasteiger partial charge in [-0.2, -0.15) is 0 Å². The van der Waals surface area contributed by atoms with Gasteiger partial charge in [0.15, 0.2) is 0 Å². The van der Waals surface area contributed by atoms with Gasteiger partial charge in [0.2, 0.25) is 0 Å². The minimum absolute atomic E-state index is 0.139. The van der Waals surface area contributed by atoms with Gasteiger partial charge in [-0.25, -0.2) is 0 Å². The quantitative estimate of drug-likeness (QED) is 0.633. The van der Waals surface area contributed by atoms with Gasteiger partial charge in [0.05, 0.1) is 0 Å². The first-order chi connectivity index (χ1) is 11.0. The van der Waals surface area contributed by atoms with E-state index in [1.54, 1.807) is 6.08 Å². The zero-order valence-electron chi connectivity index (χ0n) is 15.4. The van der Waals surface area contributed by atoms with Crippen LogP contribution in [0.4, 0.5) is 0 Å². The zero-order valence-corrected chi connectivity index (χ0v) is 15.4. The fourth-order valence-corrected chi connectivity index (χ4v) is 3.19. The van der Waals surface area contributed by atoms with Gasteiger partial charge in [-0.3, -0.25) is 9.59 Å². The molecule has 1 aliphatic carbocycles. The molecule has 1 aliphatic rings. The lowest BCUT2D eigenvalue weighted by Gasteiger charge is -2.49. The molecule has 0 saturated heterocycles. The molecule has 0 heterocycles. The van der Waals surface area contributed by atoms with E-state index in [9.17, 15) is 14.7 Å². The van der Waals surface area contributed by atoms with Crippen molar-refractivity contribution in [2.45, 2.75) is 66.1 Å². The molecule has 0 aromatic rings. The lowest BCUT2D eigenvalue weighted by Crippen LogP contribution is -2.55. The van der Waals surface area contributed by atoms with Crippen molar-refractivity contribution in [3.8, 4) is 11.8 Å². The van der Waals surface area contributed by atoms with Crippen LogP contribution < -0.4 is 0 Å². The number of hydrogen-bond donors (Lipinski definition) is 1. The number of rotatable bonds is 3. The Morgan fingerprint density at radius 2 is 1.88 bits per heavy atom. The molecule has 5 nitrogen and oxygen atoms in total. The van der Waals surface area contributed by atoms with Gasteiger partial charge in [0.25, 0.3) is 0 Å². The van der Waals surface area contributed by atoms with Gasteiger partial charge in [-0.1, -0.05) is 32.6 Å². The Labute approximate surface area is 144 Å². The Hall–Kier alpha value is -1.80. The van der Waals surface area contributed by atoms with Crippen molar-refractivity contribution >= 4 is 11.9 Å². The molecule has 1 N–H and O–H groups in total. The predicted octanol–water partition coefficient (Wildman–Crippen LogP) is 2.62. The van der Waals surface area contributed by atoms with Crippen LogP contribution in [0.5, 0.6) is 0 Å². The van der Waals surface area contributed by atoms with Crippen molar-refractivity contribution < 1.29 is 24.2 Å². The second-order valence-corrected chi connectivity index (χ2v) is 7.16. The van der Waals surface area contributed by atoms with E-state index in [-0.39, 0.29) is 30.6 Å². The van der Waals surface area contributed by atoms with Gasteiger partial charge >= 0.3 is 11.9 Å². The third-order valence-electron chi connectivity index (χ3n) is 4.56. The summed E-state index contributed by atoms with van der Waals surface area (Å²) in [5.41, 5.74) is -0.969. The van der Waals surface area contributed by atoms with E-state index >= 15 is 0 Å². The molecule has 1 saturated carbocycles. The molecule has 0 bridgehead atoms. The molecule has 134 valence electrons. The van der Waals surface area contributed by atoms with E-state index in [4.69, 9.17) is 9.47 Å². The maximum absolute atomic E-state index is 11.2. The molecule has 0 spiro atoms. The average Bonchev–Trinajstić information content (AvgIpc) is 2.41. The van der Waals surface area contributed by atoms with Crippen LogP contribution in [0.25, 0.3) is 0 Å². The van der Waals surface area contributed by atoms with Crippen molar-refractivity contribution in [1.82, 2.24) is 0 Å². The number of carbonyl (C=O) groups excluding carboxylic acids is 2. The minimum Gasteiger partial charge on any atom is -0.463 e. The van der Waals surface area contributed by atoms with Gasteiger partial charge in [-0.15, -0.1) is 0 Å². The Morgan fingerprint density at radius 3 is 2.38 bits per heavy atom. The number of esters is 2. The SMILES string of the molecule is CC(=O)OC/C=C(\C)C#C[C@]1(O)[C@H](C)C[C@@H](OC(C)=O)CC1(C)C. The van der Waals surface area contributed by atoms with E-state index in [2.05, 4.69) is 11.8 Å². The number of carbonyl (C=O) groups is 2. The number of allylic oxidation sites excluding steroid dienone is 1. The summed E-state index contributed by atoms with van der Waals surface area (Å²) in [6.07, 6.45) is 2.64. The normalized spacial score (nSPS) is 29.2. The Kier molecular flexibility index (Phi) is 6.62. The first-order valence-electron chi connectivity index (χ1n) is 8.21. The summed E-state index contributed by atoms with van der Waals surface area (Å²) in [6.45, 7) is 10.5. The summed E-state index contributed by atoms with van der Waals surface area (Å²) in [5.74, 6) is 5.19. The summed E-state index contributed by atoms with van der Waals surface area (Å²) >= 11 is 0. The molecular formula is C19H28O5. The minimum atomic E-state index is -1.18. The third kappa shape index (κ3) is 5.10. The second kappa shape index (κ2) is 7.85. The number of aliphatic hydroxyl groups is 1. The first-order valence-corrected chi connectivity index (χ1v) is 8.21. The highest BCUT2D eigenvalue weighted by Crippen LogP contribution is 2.47. The third-order valence-corrected chi connectivity index (χ3v) is 4.56. The first kappa shape index (κ1) is 20.2. The van der Waals surface area contributed by atoms with Gasteiger partial charge in [0.1, 0.15) is 18.3 Å². The molecule has 24 heavy (non-hydrogen) atoms. The molecule has 3 atom stereocenters. The second-order valence-electron chi connectivity index (χ2n) is 7.16. The maximum Gasteiger partial charge on any atom is 0.302 e. The molecule has 1 rings (SSSR count). The maximum atomic E-state index is 11.2. The summed E-state index contributed by atoms with van der Waals surface area (Å²) in [4.78, 5) is 22.0. The van der Waals surface area contributed by atoms with E-state index in [1.165, 1.54) is 13.8 Å². The average molecular weight is 336 g/mol. The van der Waals surface area contributed by atoms with Crippen LogP contribution in [0.1, 0.15) is 54.4 Å². The van der Waals surface area contributed by atoms with E-state index in [0.717, 1.165) is 5.57 Å². The van der Waals surface area contributed by atoms with Gasteiger partial charge in [0, 0.05) is 25.2 Å². The highest BCUT2D eigenvalue weighted by Gasteiger charge is 2.52. The van der Waals surface area contributed by atoms with Crippen molar-refractivity contribution in [1.29, 1.82) is 0 Å². The summed E-state index contributed by atoms with van der Waals surface area (Å²) in [5, 5.41) is 11.2. The molecule has 0 amide bonds. The van der Waals surface area contributed by atoms with Crippen LogP contribution in [0.3, 0.4) is 0 Å². The molecule has 1 fully saturated rings. The predicted molar refractivity (Wildman–Crippen MR) is 90.8 cm³/mol. The molecule has 5 heteroatoms. The van der Waals surface area contributed by atoms with Crippen molar-refractivity contribution in [2.24, 2.45) is 11.3 Å². The number of ether oxygens (including phenoxy) is 2.